The van der Waals surface area contributed by atoms with E-state index in [0.717, 1.165) is 12.6 Å². The average Bonchev–Trinajstić information content (AvgIpc) is 3.19. The molecule has 1 aromatic carbocycles. The van der Waals surface area contributed by atoms with Crippen molar-refractivity contribution < 1.29 is 0 Å². The van der Waals surface area contributed by atoms with Gasteiger partial charge in [-0.3, -0.25) is 0 Å². The molecule has 0 aromatic heterocycles. The summed E-state index contributed by atoms with van der Waals surface area (Å²) in [6.07, 6.45) is 6.59. The van der Waals surface area contributed by atoms with Crippen LogP contribution in [0.5, 0.6) is 0 Å². The zero-order chi connectivity index (χ0) is 14.1. The van der Waals surface area contributed by atoms with Crippen molar-refractivity contribution in [1.29, 1.82) is 0 Å². The van der Waals surface area contributed by atoms with E-state index in [0.29, 0.717) is 12.1 Å². The van der Waals surface area contributed by atoms with Crippen LogP contribution in [0.15, 0.2) is 22.7 Å². The van der Waals surface area contributed by atoms with E-state index in [1.165, 1.54) is 47.8 Å². The fourth-order valence-electron chi connectivity index (χ4n) is 3.32. The van der Waals surface area contributed by atoms with Crippen LogP contribution in [-0.4, -0.2) is 18.1 Å². The molecule has 2 unspecified atom stereocenters. The predicted molar refractivity (Wildman–Crippen MR) is 89.3 cm³/mol. The SMILES string of the molecule is CCC1CCC(C)N1c1ccc(CNC2CC2)c(Br)c1. The van der Waals surface area contributed by atoms with Gasteiger partial charge in [-0.1, -0.05) is 28.9 Å². The molecule has 1 N–H and O–H groups in total. The number of nitrogens with one attached hydrogen (secondary N) is 1. The maximum atomic E-state index is 3.76. The molecule has 2 nitrogen and oxygen atoms in total. The molecule has 0 bridgehead atoms. The molecule has 1 aliphatic carbocycles. The molecule has 110 valence electrons. The molecule has 20 heavy (non-hydrogen) atoms. The Bertz CT molecular complexity index is 470. The fourth-order valence-corrected chi connectivity index (χ4v) is 3.83. The standard InChI is InChI=1S/C17H25BrN2/c1-3-15-8-4-12(2)20(15)16-9-5-13(17(18)10-16)11-19-14-6-7-14/h5,9-10,12,14-15,19H,3-4,6-8,11H2,1-2H3. The Hall–Kier alpha value is -0.540. The summed E-state index contributed by atoms with van der Waals surface area (Å²) < 4.78 is 1.25. The lowest BCUT2D eigenvalue weighted by Crippen LogP contribution is -2.34. The van der Waals surface area contributed by atoms with Crippen LogP contribution in [0.2, 0.25) is 0 Å². The highest BCUT2D eigenvalue weighted by atomic mass is 79.9. The highest BCUT2D eigenvalue weighted by molar-refractivity contribution is 9.10. The number of benzene rings is 1. The zero-order valence-electron chi connectivity index (χ0n) is 12.5. The number of hydrogen-bond donors (Lipinski definition) is 1. The van der Waals surface area contributed by atoms with Crippen molar-refractivity contribution in [2.45, 2.75) is 70.6 Å². The van der Waals surface area contributed by atoms with Crippen LogP contribution >= 0.6 is 15.9 Å². The fraction of sp³-hybridized carbons (Fsp3) is 0.647. The van der Waals surface area contributed by atoms with Crippen molar-refractivity contribution >= 4 is 21.6 Å². The molecule has 0 amide bonds. The summed E-state index contributed by atoms with van der Waals surface area (Å²) in [4.78, 5) is 2.61. The highest BCUT2D eigenvalue weighted by Gasteiger charge is 2.29. The Kier molecular flexibility index (Phi) is 4.37. The molecule has 2 atom stereocenters. The second-order valence-electron chi connectivity index (χ2n) is 6.33. The summed E-state index contributed by atoms with van der Waals surface area (Å²) in [7, 11) is 0. The quantitative estimate of drug-likeness (QED) is 0.853. The predicted octanol–water partition coefficient (Wildman–Crippen LogP) is 4.47. The summed E-state index contributed by atoms with van der Waals surface area (Å²) >= 11 is 3.76. The number of rotatable bonds is 5. The van der Waals surface area contributed by atoms with Gasteiger partial charge in [0.25, 0.3) is 0 Å². The van der Waals surface area contributed by atoms with Crippen molar-refractivity contribution in [3.8, 4) is 0 Å². The van der Waals surface area contributed by atoms with Crippen LogP contribution in [0.3, 0.4) is 0 Å². The van der Waals surface area contributed by atoms with Gasteiger partial charge in [0.15, 0.2) is 0 Å². The first-order valence-corrected chi connectivity index (χ1v) is 8.78. The first-order chi connectivity index (χ1) is 9.69. The summed E-state index contributed by atoms with van der Waals surface area (Å²) in [5.41, 5.74) is 2.75. The second-order valence-corrected chi connectivity index (χ2v) is 7.18. The van der Waals surface area contributed by atoms with Crippen LogP contribution in [-0.2, 0) is 6.54 Å². The van der Waals surface area contributed by atoms with Gasteiger partial charge in [0, 0.05) is 34.8 Å². The molecule has 2 aliphatic rings. The molecule has 0 spiro atoms. The first-order valence-electron chi connectivity index (χ1n) is 7.99. The van der Waals surface area contributed by atoms with Crippen LogP contribution < -0.4 is 10.2 Å². The van der Waals surface area contributed by atoms with Crippen molar-refractivity contribution in [2.75, 3.05) is 4.90 Å². The molecule has 1 heterocycles. The first kappa shape index (κ1) is 14.4. The minimum Gasteiger partial charge on any atom is -0.366 e. The van der Waals surface area contributed by atoms with Crippen molar-refractivity contribution in [2.24, 2.45) is 0 Å². The molecule has 3 heteroatoms. The van der Waals surface area contributed by atoms with Crippen LogP contribution in [0.4, 0.5) is 5.69 Å². The second kappa shape index (κ2) is 6.07. The van der Waals surface area contributed by atoms with Crippen LogP contribution in [0.1, 0.15) is 51.5 Å². The molecular weight excluding hydrogens is 312 g/mol. The zero-order valence-corrected chi connectivity index (χ0v) is 14.1. The van der Waals surface area contributed by atoms with Crippen LogP contribution in [0, 0.1) is 0 Å². The number of anilines is 1. The maximum Gasteiger partial charge on any atom is 0.0382 e. The third-order valence-corrected chi connectivity index (χ3v) is 5.49. The van der Waals surface area contributed by atoms with Crippen molar-refractivity contribution in [1.82, 2.24) is 5.32 Å². The number of nitrogens with zero attached hydrogens (tertiary/aromatic N) is 1. The molecule has 2 fully saturated rings. The molecular formula is C17H25BrN2. The lowest BCUT2D eigenvalue weighted by atomic mass is 10.1. The maximum absolute atomic E-state index is 3.76. The Balaban J connectivity index is 1.74. The lowest BCUT2D eigenvalue weighted by Gasteiger charge is -2.30. The molecule has 1 aromatic rings. The minimum atomic E-state index is 0.669. The van der Waals surface area contributed by atoms with Gasteiger partial charge < -0.3 is 10.2 Å². The van der Waals surface area contributed by atoms with Crippen LogP contribution in [0.25, 0.3) is 0 Å². The van der Waals surface area contributed by atoms with E-state index in [-0.39, 0.29) is 0 Å². The van der Waals surface area contributed by atoms with E-state index >= 15 is 0 Å². The summed E-state index contributed by atoms with van der Waals surface area (Å²) in [5.74, 6) is 0. The van der Waals surface area contributed by atoms with Gasteiger partial charge in [-0.05, 0) is 56.7 Å². The lowest BCUT2D eigenvalue weighted by molar-refractivity contribution is 0.627. The van der Waals surface area contributed by atoms with E-state index < -0.39 is 0 Å². The molecule has 1 saturated carbocycles. The Morgan fingerprint density at radius 2 is 2.05 bits per heavy atom. The largest absolute Gasteiger partial charge is 0.366 e. The average molecular weight is 337 g/mol. The van der Waals surface area contributed by atoms with Crippen molar-refractivity contribution in [3.63, 3.8) is 0 Å². The van der Waals surface area contributed by atoms with Crippen molar-refractivity contribution in [3.05, 3.63) is 28.2 Å². The van der Waals surface area contributed by atoms with Gasteiger partial charge in [-0.15, -0.1) is 0 Å². The monoisotopic (exact) mass is 336 g/mol. The van der Waals surface area contributed by atoms with Gasteiger partial charge in [0.05, 0.1) is 0 Å². The molecule has 1 aliphatic heterocycles. The molecule has 0 radical (unpaired) electrons. The smallest absolute Gasteiger partial charge is 0.0382 e. The van der Waals surface area contributed by atoms with Gasteiger partial charge in [0.1, 0.15) is 0 Å². The minimum absolute atomic E-state index is 0.669. The Morgan fingerprint density at radius 3 is 2.70 bits per heavy atom. The van der Waals surface area contributed by atoms with E-state index in [1.54, 1.807) is 0 Å². The highest BCUT2D eigenvalue weighted by Crippen LogP contribution is 2.34. The molecule has 1 saturated heterocycles. The summed E-state index contributed by atoms with van der Waals surface area (Å²) in [5, 5.41) is 3.59. The number of halogens is 1. The normalized spacial score (nSPS) is 26.2. The summed E-state index contributed by atoms with van der Waals surface area (Å²) in [6.45, 7) is 5.64. The number of hydrogen-bond acceptors (Lipinski definition) is 2. The molecule has 3 rings (SSSR count). The third-order valence-electron chi connectivity index (χ3n) is 4.75. The van der Waals surface area contributed by atoms with E-state index in [4.69, 9.17) is 0 Å². The van der Waals surface area contributed by atoms with Gasteiger partial charge in [-0.2, -0.15) is 0 Å². The van der Waals surface area contributed by atoms with E-state index in [2.05, 4.69) is 58.2 Å². The Labute approximate surface area is 131 Å². The van der Waals surface area contributed by atoms with Gasteiger partial charge in [0.2, 0.25) is 0 Å². The third kappa shape index (κ3) is 3.04. The Morgan fingerprint density at radius 1 is 1.25 bits per heavy atom. The summed E-state index contributed by atoms with van der Waals surface area (Å²) in [6, 6.07) is 9.05. The van der Waals surface area contributed by atoms with Gasteiger partial charge >= 0.3 is 0 Å². The van der Waals surface area contributed by atoms with Gasteiger partial charge in [-0.25, -0.2) is 0 Å². The topological polar surface area (TPSA) is 15.3 Å². The van der Waals surface area contributed by atoms with E-state index in [1.807, 2.05) is 0 Å². The van der Waals surface area contributed by atoms with E-state index in [9.17, 15) is 0 Å².